The van der Waals surface area contributed by atoms with E-state index in [1.807, 2.05) is 0 Å². The van der Waals surface area contributed by atoms with Crippen molar-refractivity contribution in [2.75, 3.05) is 25.9 Å². The van der Waals surface area contributed by atoms with Gasteiger partial charge >= 0.3 is 0 Å². The first-order valence-corrected chi connectivity index (χ1v) is 6.07. The van der Waals surface area contributed by atoms with E-state index in [9.17, 15) is 9.59 Å². The Morgan fingerprint density at radius 1 is 1.53 bits per heavy atom. The largest absolute Gasteiger partial charge is 0.494 e. The van der Waals surface area contributed by atoms with Gasteiger partial charge in [-0.2, -0.15) is 0 Å². The van der Waals surface area contributed by atoms with Gasteiger partial charge in [0, 0.05) is 13.1 Å². The van der Waals surface area contributed by atoms with Gasteiger partial charge in [0.1, 0.15) is 6.04 Å². The quantitative estimate of drug-likeness (QED) is 0.748. The Bertz CT molecular complexity index is 516. The number of para-hydroxylation sites is 1. The molecule has 1 aromatic rings. The topological polar surface area (TPSA) is 84.7 Å². The van der Waals surface area contributed by atoms with Gasteiger partial charge in [0.25, 0.3) is 5.91 Å². The summed E-state index contributed by atoms with van der Waals surface area (Å²) in [5.41, 5.74) is 6.57. The van der Waals surface area contributed by atoms with Crippen LogP contribution in [-0.4, -0.2) is 43.0 Å². The van der Waals surface area contributed by atoms with Gasteiger partial charge in [-0.05, 0) is 19.1 Å². The molecule has 102 valence electrons. The fourth-order valence-electron chi connectivity index (χ4n) is 2.17. The van der Waals surface area contributed by atoms with Gasteiger partial charge in [0.05, 0.1) is 18.4 Å². The van der Waals surface area contributed by atoms with Crippen molar-refractivity contribution in [3.63, 3.8) is 0 Å². The molecule has 19 heavy (non-hydrogen) atoms. The summed E-state index contributed by atoms with van der Waals surface area (Å²) in [4.78, 5) is 25.6. The third kappa shape index (κ3) is 2.33. The number of hydrogen-bond donors (Lipinski definition) is 2. The predicted molar refractivity (Wildman–Crippen MR) is 70.9 cm³/mol. The summed E-state index contributed by atoms with van der Waals surface area (Å²) in [5, 5.41) is 2.72. The molecule has 1 aliphatic rings. The fraction of sp³-hybridized carbons (Fsp3) is 0.385. The molecule has 6 heteroatoms. The molecule has 1 fully saturated rings. The molecule has 0 bridgehead atoms. The number of carbonyl (C=O) groups excluding carboxylic acids is 2. The van der Waals surface area contributed by atoms with E-state index in [0.717, 1.165) is 0 Å². The normalized spacial score (nSPS) is 18.9. The van der Waals surface area contributed by atoms with Crippen LogP contribution in [0.2, 0.25) is 0 Å². The number of nitrogens with one attached hydrogen (secondary N) is 1. The number of nitrogens with zero attached hydrogens (tertiary/aromatic N) is 1. The lowest BCUT2D eigenvalue weighted by Gasteiger charge is -2.33. The molecule has 0 spiro atoms. The Kier molecular flexibility index (Phi) is 3.59. The van der Waals surface area contributed by atoms with Crippen molar-refractivity contribution in [3.05, 3.63) is 23.8 Å². The summed E-state index contributed by atoms with van der Waals surface area (Å²) in [5.74, 6) is -0.0420. The Balaban J connectivity index is 2.34. The van der Waals surface area contributed by atoms with Gasteiger partial charge in [0.2, 0.25) is 5.91 Å². The number of methoxy groups -OCH3 is 1. The number of ether oxygens (including phenoxy) is 1. The number of rotatable bonds is 2. The summed E-state index contributed by atoms with van der Waals surface area (Å²) >= 11 is 0. The van der Waals surface area contributed by atoms with Crippen LogP contribution >= 0.6 is 0 Å². The molecule has 1 aliphatic heterocycles. The van der Waals surface area contributed by atoms with Gasteiger partial charge < -0.3 is 20.7 Å². The molecule has 1 saturated heterocycles. The highest BCUT2D eigenvalue weighted by atomic mass is 16.5. The fourth-order valence-corrected chi connectivity index (χ4v) is 2.17. The summed E-state index contributed by atoms with van der Waals surface area (Å²) in [7, 11) is 1.47. The zero-order chi connectivity index (χ0) is 14.0. The highest BCUT2D eigenvalue weighted by Gasteiger charge is 2.31. The number of nitrogen functional groups attached to an aromatic ring is 1. The van der Waals surface area contributed by atoms with E-state index in [1.165, 1.54) is 12.0 Å². The van der Waals surface area contributed by atoms with Crippen molar-refractivity contribution in [1.82, 2.24) is 10.2 Å². The Hall–Kier alpha value is -2.24. The molecule has 2 rings (SSSR count). The van der Waals surface area contributed by atoms with Gasteiger partial charge in [-0.3, -0.25) is 9.59 Å². The minimum Gasteiger partial charge on any atom is -0.494 e. The molecule has 6 nitrogen and oxygen atoms in total. The van der Waals surface area contributed by atoms with Gasteiger partial charge in [0.15, 0.2) is 5.75 Å². The van der Waals surface area contributed by atoms with E-state index < -0.39 is 6.04 Å². The molecule has 1 aromatic carbocycles. The van der Waals surface area contributed by atoms with Crippen molar-refractivity contribution < 1.29 is 14.3 Å². The van der Waals surface area contributed by atoms with Gasteiger partial charge in [-0.25, -0.2) is 0 Å². The van der Waals surface area contributed by atoms with Crippen molar-refractivity contribution in [1.29, 1.82) is 0 Å². The molecule has 0 saturated carbocycles. The molecule has 1 heterocycles. The van der Waals surface area contributed by atoms with E-state index in [0.29, 0.717) is 30.1 Å². The number of carbonyl (C=O) groups is 2. The number of anilines is 1. The van der Waals surface area contributed by atoms with E-state index in [-0.39, 0.29) is 11.8 Å². The van der Waals surface area contributed by atoms with E-state index in [2.05, 4.69) is 5.32 Å². The maximum atomic E-state index is 12.5. The van der Waals surface area contributed by atoms with Crippen molar-refractivity contribution >= 4 is 17.5 Å². The van der Waals surface area contributed by atoms with Crippen LogP contribution in [0.1, 0.15) is 17.3 Å². The molecule has 1 atom stereocenters. The molecule has 1 unspecified atom stereocenters. The zero-order valence-electron chi connectivity index (χ0n) is 11.0. The average molecular weight is 263 g/mol. The number of benzene rings is 1. The standard InChI is InChI=1S/C13H17N3O3/c1-8-12(17)15-6-7-16(8)13(18)9-4-3-5-10(14)11(9)19-2/h3-5,8H,6-7,14H2,1-2H3,(H,15,17). The monoisotopic (exact) mass is 263 g/mol. The maximum absolute atomic E-state index is 12.5. The Morgan fingerprint density at radius 2 is 2.26 bits per heavy atom. The lowest BCUT2D eigenvalue weighted by molar-refractivity contribution is -0.127. The van der Waals surface area contributed by atoms with Crippen molar-refractivity contribution in [3.8, 4) is 5.75 Å². The first kappa shape index (κ1) is 13.2. The average Bonchev–Trinajstić information content (AvgIpc) is 2.41. The number of nitrogens with two attached hydrogens (primary N) is 1. The summed E-state index contributed by atoms with van der Waals surface area (Å²) < 4.78 is 5.18. The smallest absolute Gasteiger partial charge is 0.258 e. The second-order valence-corrected chi connectivity index (χ2v) is 4.39. The van der Waals surface area contributed by atoms with Crippen LogP contribution in [0.4, 0.5) is 5.69 Å². The molecule has 0 aliphatic carbocycles. The predicted octanol–water partition coefficient (Wildman–Crippen LogP) is 0.238. The third-order valence-electron chi connectivity index (χ3n) is 3.24. The van der Waals surface area contributed by atoms with Gasteiger partial charge in [-0.15, -0.1) is 0 Å². The Labute approximate surface area is 111 Å². The number of piperazine rings is 1. The molecule has 2 amide bonds. The number of hydrogen-bond acceptors (Lipinski definition) is 4. The molecule has 0 aromatic heterocycles. The Morgan fingerprint density at radius 3 is 2.95 bits per heavy atom. The van der Waals surface area contributed by atoms with Crippen LogP contribution in [0.5, 0.6) is 5.75 Å². The minimum atomic E-state index is -0.493. The highest BCUT2D eigenvalue weighted by Crippen LogP contribution is 2.27. The molecular formula is C13H17N3O3. The lowest BCUT2D eigenvalue weighted by atomic mass is 10.1. The summed E-state index contributed by atoms with van der Waals surface area (Å²) in [6.45, 7) is 2.63. The van der Waals surface area contributed by atoms with Crippen molar-refractivity contribution in [2.45, 2.75) is 13.0 Å². The zero-order valence-corrected chi connectivity index (χ0v) is 11.0. The second kappa shape index (κ2) is 5.17. The van der Waals surface area contributed by atoms with Crippen LogP contribution in [0.25, 0.3) is 0 Å². The van der Waals surface area contributed by atoms with Crippen LogP contribution in [-0.2, 0) is 4.79 Å². The van der Waals surface area contributed by atoms with E-state index in [4.69, 9.17) is 10.5 Å². The van der Waals surface area contributed by atoms with Crippen molar-refractivity contribution in [2.24, 2.45) is 0 Å². The summed E-state index contributed by atoms with van der Waals surface area (Å²) in [6.07, 6.45) is 0. The molecule has 0 radical (unpaired) electrons. The second-order valence-electron chi connectivity index (χ2n) is 4.39. The lowest BCUT2D eigenvalue weighted by Crippen LogP contribution is -2.55. The highest BCUT2D eigenvalue weighted by molar-refractivity contribution is 6.01. The SMILES string of the molecule is COc1c(N)cccc1C(=O)N1CCNC(=O)C1C. The van der Waals surface area contributed by atoms with E-state index >= 15 is 0 Å². The van der Waals surface area contributed by atoms with Crippen LogP contribution in [0.15, 0.2) is 18.2 Å². The minimum absolute atomic E-state index is 0.150. The summed E-state index contributed by atoms with van der Waals surface area (Å²) in [6, 6.07) is 4.52. The first-order valence-electron chi connectivity index (χ1n) is 6.07. The van der Waals surface area contributed by atoms with Crippen LogP contribution < -0.4 is 15.8 Å². The molecule has 3 N–H and O–H groups in total. The van der Waals surface area contributed by atoms with Crippen LogP contribution in [0, 0.1) is 0 Å². The molecular weight excluding hydrogens is 246 g/mol. The first-order chi connectivity index (χ1) is 9.06. The number of amides is 2. The van der Waals surface area contributed by atoms with E-state index in [1.54, 1.807) is 25.1 Å². The maximum Gasteiger partial charge on any atom is 0.258 e. The van der Waals surface area contributed by atoms with Gasteiger partial charge in [-0.1, -0.05) is 6.07 Å². The van der Waals surface area contributed by atoms with Crippen LogP contribution in [0.3, 0.4) is 0 Å². The third-order valence-corrected chi connectivity index (χ3v) is 3.24.